The molecule has 0 heterocycles. The van der Waals surface area contributed by atoms with E-state index in [1.807, 2.05) is 15.9 Å². The molecule has 0 saturated carbocycles. The molecule has 0 aliphatic heterocycles. The summed E-state index contributed by atoms with van der Waals surface area (Å²) in [5.41, 5.74) is 0. The first-order chi connectivity index (χ1) is 3.81. The molecule has 0 bridgehead atoms. The quantitative estimate of drug-likeness (QED) is 0.417. The van der Waals surface area contributed by atoms with E-state index < -0.39 is 8.51 Å². The molecule has 0 aromatic rings. The van der Waals surface area contributed by atoms with Crippen LogP contribution in [0.2, 0.25) is 0 Å². The number of allylic oxidation sites excluding steroid dienone is 1. The monoisotopic (exact) mass is 314 g/mol. The predicted octanol–water partition coefficient (Wildman–Crippen LogP) is 3.26. The van der Waals surface area contributed by atoms with E-state index in [1.165, 1.54) is 0 Å². The maximum absolute atomic E-state index is 12.4. The van der Waals surface area contributed by atoms with E-state index in [0.29, 0.717) is 6.08 Å². The van der Waals surface area contributed by atoms with Gasteiger partial charge in [0, 0.05) is 0 Å². The number of rotatable bonds is 2. The van der Waals surface area contributed by atoms with Gasteiger partial charge in [0.2, 0.25) is 0 Å². The van der Waals surface area contributed by atoms with Crippen molar-refractivity contribution in [3.8, 4) is 0 Å². The summed E-state index contributed by atoms with van der Waals surface area (Å²) < 4.78 is 33.6. The van der Waals surface area contributed by atoms with Crippen LogP contribution < -0.4 is 0 Å². The van der Waals surface area contributed by atoms with Gasteiger partial charge in [0.1, 0.15) is 0 Å². The van der Waals surface area contributed by atoms with Crippen LogP contribution in [0.1, 0.15) is 0 Å². The highest BCUT2D eigenvalue weighted by atomic mass is 127. The van der Waals surface area contributed by atoms with Gasteiger partial charge < -0.3 is 0 Å². The fourth-order valence-electron chi connectivity index (χ4n) is 0.116. The average molecular weight is 315 g/mol. The fourth-order valence-corrected chi connectivity index (χ4v) is 0.278. The summed E-state index contributed by atoms with van der Waals surface area (Å²) in [6.45, 7) is 2.91. The minimum absolute atomic E-state index is 0.544. The summed E-state index contributed by atoms with van der Waals surface area (Å²) in [6.07, 6.45) is 0.544. The van der Waals surface area contributed by atoms with Crippen molar-refractivity contribution in [1.82, 2.24) is 0 Å². The summed E-state index contributed by atoms with van der Waals surface area (Å²) in [5.74, 6) is 0. The van der Waals surface area contributed by atoms with Crippen molar-refractivity contribution < 1.29 is 13.2 Å². The van der Waals surface area contributed by atoms with E-state index in [-0.39, 0.29) is 0 Å². The van der Waals surface area contributed by atoms with E-state index in [0.717, 1.165) is 22.6 Å². The lowest BCUT2D eigenvalue weighted by Crippen LogP contribution is -2.30. The van der Waals surface area contributed by atoms with Crippen LogP contribution in [0.25, 0.3) is 0 Å². The molecule has 0 amide bonds. The van der Waals surface area contributed by atoms with Gasteiger partial charge in [-0.15, -0.1) is 0 Å². The smallest absolute Gasteiger partial charge is 0.220 e. The van der Waals surface area contributed by atoms with Gasteiger partial charge in [-0.2, -0.15) is 8.78 Å². The molecule has 0 fully saturated rings. The largest absolute Gasteiger partial charge is 0.347 e. The molecular formula is C4H3BrF3I. The molecule has 0 rings (SSSR count). The summed E-state index contributed by atoms with van der Waals surface area (Å²) in [5, 5.41) is 0. The van der Waals surface area contributed by atoms with E-state index in [2.05, 4.69) is 6.58 Å². The van der Waals surface area contributed by atoms with E-state index >= 15 is 0 Å². The molecule has 0 N–H and O–H groups in total. The van der Waals surface area contributed by atoms with Crippen molar-refractivity contribution in [1.29, 1.82) is 0 Å². The maximum Gasteiger partial charge on any atom is 0.347 e. The highest BCUT2D eigenvalue weighted by Gasteiger charge is 2.48. The normalized spacial score (nSPS) is 18.8. The Bertz CT molecular complexity index is 117. The third-order valence-corrected chi connectivity index (χ3v) is 3.07. The topological polar surface area (TPSA) is 0 Å². The van der Waals surface area contributed by atoms with E-state index in [1.54, 1.807) is 0 Å². The van der Waals surface area contributed by atoms with Gasteiger partial charge in [0.15, 0.2) is 0 Å². The van der Waals surface area contributed by atoms with Crippen molar-refractivity contribution >= 4 is 38.5 Å². The van der Waals surface area contributed by atoms with Gasteiger partial charge >= 0.3 is 4.83 Å². The Morgan fingerprint density at radius 1 is 1.44 bits per heavy atom. The first kappa shape index (κ1) is 9.74. The summed E-state index contributed by atoms with van der Waals surface area (Å²) in [7, 11) is 0. The molecule has 0 nitrogen and oxygen atoms in total. The highest BCUT2D eigenvalue weighted by Crippen LogP contribution is 2.43. The van der Waals surface area contributed by atoms with Crippen LogP contribution in [-0.2, 0) is 0 Å². The lowest BCUT2D eigenvalue weighted by molar-refractivity contribution is 0.0364. The van der Waals surface area contributed by atoms with Crippen LogP contribution >= 0.6 is 38.5 Å². The number of hydrogen-bond acceptors (Lipinski definition) is 0. The summed E-state index contributed by atoms with van der Waals surface area (Å²) >= 11 is 2.84. The lowest BCUT2D eigenvalue weighted by Gasteiger charge is -2.18. The van der Waals surface area contributed by atoms with Crippen LogP contribution in [0.3, 0.4) is 0 Å². The van der Waals surface area contributed by atoms with Crippen molar-refractivity contribution in [3.05, 3.63) is 12.7 Å². The molecule has 0 aliphatic carbocycles. The molecule has 0 saturated heterocycles. The zero-order valence-corrected chi connectivity index (χ0v) is 7.92. The molecule has 0 radical (unpaired) electrons. The highest BCUT2D eigenvalue weighted by molar-refractivity contribution is 14.1. The molecule has 0 spiro atoms. The first-order valence-electron chi connectivity index (χ1n) is 1.89. The molecular weight excluding hydrogens is 312 g/mol. The lowest BCUT2D eigenvalue weighted by atomic mass is 10.4. The van der Waals surface area contributed by atoms with Crippen LogP contribution in [0.4, 0.5) is 13.2 Å². The van der Waals surface area contributed by atoms with Crippen molar-refractivity contribution in [2.45, 2.75) is 8.51 Å². The predicted molar refractivity (Wildman–Crippen MR) is 41.9 cm³/mol. The van der Waals surface area contributed by atoms with Gasteiger partial charge in [-0.1, -0.05) is 6.58 Å². The molecule has 0 aromatic carbocycles. The third kappa shape index (κ3) is 2.45. The number of hydrogen-bond donors (Lipinski definition) is 0. The second-order valence-electron chi connectivity index (χ2n) is 1.32. The standard InChI is InChI=1S/C4H3BrF3I/c1-2-3(6,9)4(5,7)8/h2H,1H2. The van der Waals surface area contributed by atoms with Crippen LogP contribution in [0.5, 0.6) is 0 Å². The second-order valence-corrected chi connectivity index (χ2v) is 3.89. The molecule has 9 heavy (non-hydrogen) atoms. The Morgan fingerprint density at radius 3 is 1.78 bits per heavy atom. The first-order valence-corrected chi connectivity index (χ1v) is 3.76. The SMILES string of the molecule is C=CC(F)(I)C(F)(F)Br. The Hall–Kier alpha value is 0.740. The summed E-state index contributed by atoms with van der Waals surface area (Å²) in [4.78, 5) is -3.54. The molecule has 0 aliphatic rings. The molecule has 0 aromatic heterocycles. The molecule has 5 heteroatoms. The zero-order valence-electron chi connectivity index (χ0n) is 4.17. The second kappa shape index (κ2) is 2.77. The Kier molecular flexibility index (Phi) is 3.00. The van der Waals surface area contributed by atoms with Crippen molar-refractivity contribution in [3.63, 3.8) is 0 Å². The summed E-state index contributed by atoms with van der Waals surface area (Å²) in [6, 6.07) is 0. The van der Waals surface area contributed by atoms with Gasteiger partial charge in [0.25, 0.3) is 3.68 Å². The minimum atomic E-state index is -3.54. The van der Waals surface area contributed by atoms with E-state index in [4.69, 9.17) is 0 Å². The van der Waals surface area contributed by atoms with Crippen LogP contribution in [-0.4, -0.2) is 8.51 Å². The zero-order chi connectivity index (χ0) is 7.71. The number of alkyl halides is 5. The van der Waals surface area contributed by atoms with Gasteiger partial charge in [-0.3, -0.25) is 0 Å². The van der Waals surface area contributed by atoms with Crippen molar-refractivity contribution in [2.24, 2.45) is 0 Å². The van der Waals surface area contributed by atoms with Crippen LogP contribution in [0, 0.1) is 0 Å². The minimum Gasteiger partial charge on any atom is -0.220 e. The average Bonchev–Trinajstić information content (AvgIpc) is 1.64. The van der Waals surface area contributed by atoms with Gasteiger partial charge in [-0.25, -0.2) is 4.39 Å². The van der Waals surface area contributed by atoms with E-state index in [9.17, 15) is 13.2 Å². The molecule has 1 unspecified atom stereocenters. The molecule has 54 valence electrons. The Morgan fingerprint density at radius 2 is 1.78 bits per heavy atom. The Balaban J connectivity index is 4.32. The number of halogens is 5. The fraction of sp³-hybridized carbons (Fsp3) is 0.500. The Labute approximate surface area is 72.8 Å². The van der Waals surface area contributed by atoms with Crippen molar-refractivity contribution in [2.75, 3.05) is 0 Å². The maximum atomic E-state index is 12.4. The van der Waals surface area contributed by atoms with Crippen LogP contribution in [0.15, 0.2) is 12.7 Å². The van der Waals surface area contributed by atoms with Gasteiger partial charge in [-0.05, 0) is 44.6 Å². The third-order valence-electron chi connectivity index (χ3n) is 0.634. The van der Waals surface area contributed by atoms with Gasteiger partial charge in [0.05, 0.1) is 0 Å². The molecule has 1 atom stereocenters.